The Bertz CT molecular complexity index is 562. The van der Waals surface area contributed by atoms with E-state index >= 15 is 0 Å². The minimum absolute atomic E-state index is 0.0461. The number of nitrogen functional groups attached to an aromatic ring is 1. The molecular weight excluding hydrogens is 224 g/mol. The Morgan fingerprint density at radius 2 is 2.29 bits per heavy atom. The summed E-state index contributed by atoms with van der Waals surface area (Å²) in [4.78, 5) is 11.5. The van der Waals surface area contributed by atoms with Crippen LogP contribution in [0.5, 0.6) is 5.75 Å². The van der Waals surface area contributed by atoms with E-state index in [0.29, 0.717) is 5.56 Å². The summed E-state index contributed by atoms with van der Waals surface area (Å²) < 4.78 is 9.56. The number of aromatic hydroxyl groups is 1. The Kier molecular flexibility index (Phi) is 2.70. The molecule has 0 saturated carbocycles. The molecule has 0 aliphatic heterocycles. The molecule has 88 valence electrons. The highest BCUT2D eigenvalue weighted by atomic mass is 16.5. The van der Waals surface area contributed by atoms with Gasteiger partial charge in [0.05, 0.1) is 7.11 Å². The molecule has 1 heterocycles. The molecule has 6 nitrogen and oxygen atoms in total. The van der Waals surface area contributed by atoms with E-state index in [2.05, 4.69) is 9.89 Å². The van der Waals surface area contributed by atoms with Gasteiger partial charge in [-0.15, -0.1) is 0 Å². The number of anilines is 1. The third-order valence-corrected chi connectivity index (χ3v) is 2.22. The van der Waals surface area contributed by atoms with Gasteiger partial charge in [-0.3, -0.25) is 0 Å². The average molecular weight is 234 g/mol. The van der Waals surface area contributed by atoms with E-state index < -0.39 is 5.97 Å². The van der Waals surface area contributed by atoms with E-state index in [4.69, 9.17) is 10.3 Å². The minimum atomic E-state index is -0.637. The standard InChI is InChI=1S/C11H10N2O4/c1-16-11(15)8-9(17-13-10(8)12)6-3-2-4-7(14)5-6/h2-5,14H,1H3,(H2,12,13). The predicted octanol–water partition coefficient (Wildman–Crippen LogP) is 1.42. The number of methoxy groups -OCH3 is 1. The molecule has 0 bridgehead atoms. The zero-order valence-corrected chi connectivity index (χ0v) is 9.01. The van der Waals surface area contributed by atoms with Crippen LogP contribution < -0.4 is 5.73 Å². The molecule has 1 aromatic heterocycles. The van der Waals surface area contributed by atoms with Crippen LogP contribution in [0.3, 0.4) is 0 Å². The number of carbonyl (C=O) groups excluding carboxylic acids is 1. The number of rotatable bonds is 2. The molecule has 2 rings (SSSR count). The summed E-state index contributed by atoms with van der Waals surface area (Å²) in [5, 5.41) is 12.9. The lowest BCUT2D eigenvalue weighted by Crippen LogP contribution is -2.05. The van der Waals surface area contributed by atoms with Gasteiger partial charge < -0.3 is 20.1 Å². The van der Waals surface area contributed by atoms with Crippen molar-refractivity contribution >= 4 is 11.8 Å². The molecule has 0 radical (unpaired) electrons. The molecule has 0 unspecified atom stereocenters. The van der Waals surface area contributed by atoms with Crippen LogP contribution >= 0.6 is 0 Å². The molecule has 17 heavy (non-hydrogen) atoms. The van der Waals surface area contributed by atoms with E-state index in [1.54, 1.807) is 12.1 Å². The SMILES string of the molecule is COC(=O)c1c(N)noc1-c1cccc(O)c1. The number of carbonyl (C=O) groups is 1. The van der Waals surface area contributed by atoms with Gasteiger partial charge in [0, 0.05) is 5.56 Å². The van der Waals surface area contributed by atoms with Crippen molar-refractivity contribution in [2.45, 2.75) is 0 Å². The van der Waals surface area contributed by atoms with Crippen LogP contribution in [0.1, 0.15) is 10.4 Å². The van der Waals surface area contributed by atoms with Crippen molar-refractivity contribution in [1.82, 2.24) is 5.16 Å². The molecule has 0 aliphatic carbocycles. The maximum atomic E-state index is 11.5. The summed E-state index contributed by atoms with van der Waals surface area (Å²) in [5.74, 6) is -0.462. The van der Waals surface area contributed by atoms with Crippen LogP contribution in [-0.2, 0) is 4.74 Å². The lowest BCUT2D eigenvalue weighted by molar-refractivity contribution is 0.0602. The monoisotopic (exact) mass is 234 g/mol. The first-order chi connectivity index (χ1) is 8.13. The number of benzene rings is 1. The zero-order valence-electron chi connectivity index (χ0n) is 9.01. The van der Waals surface area contributed by atoms with Gasteiger partial charge in [0.2, 0.25) is 0 Å². The van der Waals surface area contributed by atoms with Gasteiger partial charge in [-0.1, -0.05) is 17.3 Å². The van der Waals surface area contributed by atoms with Crippen LogP contribution in [-0.4, -0.2) is 23.3 Å². The molecule has 0 amide bonds. The van der Waals surface area contributed by atoms with Crippen molar-refractivity contribution < 1.29 is 19.2 Å². The van der Waals surface area contributed by atoms with Gasteiger partial charge in [0.25, 0.3) is 0 Å². The molecule has 0 atom stereocenters. The largest absolute Gasteiger partial charge is 0.508 e. The summed E-state index contributed by atoms with van der Waals surface area (Å²) in [7, 11) is 1.24. The van der Waals surface area contributed by atoms with E-state index in [9.17, 15) is 9.90 Å². The van der Waals surface area contributed by atoms with Crippen molar-refractivity contribution in [3.8, 4) is 17.1 Å². The first-order valence-electron chi connectivity index (χ1n) is 4.76. The van der Waals surface area contributed by atoms with Crippen molar-refractivity contribution in [2.75, 3.05) is 12.8 Å². The minimum Gasteiger partial charge on any atom is -0.508 e. The Labute approximate surface area is 96.6 Å². The molecule has 0 saturated heterocycles. The maximum absolute atomic E-state index is 11.5. The third kappa shape index (κ3) is 1.92. The van der Waals surface area contributed by atoms with Crippen LogP contribution in [0, 0.1) is 0 Å². The van der Waals surface area contributed by atoms with E-state index in [-0.39, 0.29) is 22.9 Å². The number of nitrogens with two attached hydrogens (primary N) is 1. The second-order valence-electron chi connectivity index (χ2n) is 3.31. The Morgan fingerprint density at radius 1 is 1.53 bits per heavy atom. The Hall–Kier alpha value is -2.50. The molecule has 6 heteroatoms. The van der Waals surface area contributed by atoms with Crippen molar-refractivity contribution in [3.05, 3.63) is 29.8 Å². The Morgan fingerprint density at radius 3 is 2.94 bits per heavy atom. The molecule has 0 aliphatic rings. The van der Waals surface area contributed by atoms with Crippen LogP contribution in [0.25, 0.3) is 11.3 Å². The number of phenols is 1. The zero-order chi connectivity index (χ0) is 12.4. The second kappa shape index (κ2) is 4.17. The number of esters is 1. The normalized spacial score (nSPS) is 10.2. The summed E-state index contributed by atoms with van der Waals surface area (Å²) in [6, 6.07) is 6.21. The number of ether oxygens (including phenoxy) is 1. The van der Waals surface area contributed by atoms with Crippen molar-refractivity contribution in [1.29, 1.82) is 0 Å². The average Bonchev–Trinajstić information content (AvgIpc) is 2.70. The van der Waals surface area contributed by atoms with Crippen molar-refractivity contribution in [3.63, 3.8) is 0 Å². The van der Waals surface area contributed by atoms with E-state index in [0.717, 1.165) is 0 Å². The fraction of sp³-hybridized carbons (Fsp3) is 0.0909. The van der Waals surface area contributed by atoms with Gasteiger partial charge in [-0.05, 0) is 12.1 Å². The smallest absolute Gasteiger partial charge is 0.345 e. The number of hydrogen-bond acceptors (Lipinski definition) is 6. The van der Waals surface area contributed by atoms with Crippen LogP contribution in [0.15, 0.2) is 28.8 Å². The lowest BCUT2D eigenvalue weighted by atomic mass is 10.1. The molecular formula is C11H10N2O4. The second-order valence-corrected chi connectivity index (χ2v) is 3.31. The van der Waals surface area contributed by atoms with Crippen LogP contribution in [0.2, 0.25) is 0 Å². The van der Waals surface area contributed by atoms with Gasteiger partial charge in [0.1, 0.15) is 5.75 Å². The summed E-state index contributed by atoms with van der Waals surface area (Å²) in [6.07, 6.45) is 0. The highest BCUT2D eigenvalue weighted by Crippen LogP contribution is 2.30. The first-order valence-corrected chi connectivity index (χ1v) is 4.76. The molecule has 0 fully saturated rings. The number of nitrogens with zero attached hydrogens (tertiary/aromatic N) is 1. The van der Waals surface area contributed by atoms with Gasteiger partial charge in [0.15, 0.2) is 17.1 Å². The highest BCUT2D eigenvalue weighted by molar-refractivity contribution is 6.00. The highest BCUT2D eigenvalue weighted by Gasteiger charge is 2.23. The topological polar surface area (TPSA) is 98.6 Å². The van der Waals surface area contributed by atoms with E-state index in [1.807, 2.05) is 0 Å². The van der Waals surface area contributed by atoms with Crippen LogP contribution in [0.4, 0.5) is 5.82 Å². The number of aromatic nitrogens is 1. The molecule has 3 N–H and O–H groups in total. The van der Waals surface area contributed by atoms with Gasteiger partial charge in [-0.2, -0.15) is 0 Å². The number of phenolic OH excluding ortho intramolecular Hbond substituents is 1. The first kappa shape index (κ1) is 11.0. The lowest BCUT2D eigenvalue weighted by Gasteiger charge is -2.00. The summed E-state index contributed by atoms with van der Waals surface area (Å²) >= 11 is 0. The summed E-state index contributed by atoms with van der Waals surface area (Å²) in [5.41, 5.74) is 6.07. The van der Waals surface area contributed by atoms with Gasteiger partial charge in [-0.25, -0.2) is 4.79 Å². The fourth-order valence-electron chi connectivity index (χ4n) is 1.45. The van der Waals surface area contributed by atoms with E-state index in [1.165, 1.54) is 19.2 Å². The third-order valence-electron chi connectivity index (χ3n) is 2.22. The molecule has 0 spiro atoms. The van der Waals surface area contributed by atoms with Crippen molar-refractivity contribution in [2.24, 2.45) is 0 Å². The van der Waals surface area contributed by atoms with Gasteiger partial charge >= 0.3 is 5.97 Å². The predicted molar refractivity (Wildman–Crippen MR) is 59.4 cm³/mol. The number of hydrogen-bond donors (Lipinski definition) is 2. The Balaban J connectivity index is 2.57. The molecule has 1 aromatic carbocycles. The fourth-order valence-corrected chi connectivity index (χ4v) is 1.45. The summed E-state index contributed by atoms with van der Waals surface area (Å²) in [6.45, 7) is 0. The molecule has 2 aromatic rings. The maximum Gasteiger partial charge on any atom is 0.345 e. The quantitative estimate of drug-likeness (QED) is 0.762.